The molecule has 0 unspecified atom stereocenters. The van der Waals surface area contributed by atoms with Gasteiger partial charge in [-0.2, -0.15) is 0 Å². The third-order valence-electron chi connectivity index (χ3n) is 2.39. The molecule has 84 valence electrons. The van der Waals surface area contributed by atoms with Crippen LogP contribution >= 0.6 is 0 Å². The maximum Gasteiger partial charge on any atom is 0.230 e. The van der Waals surface area contributed by atoms with Crippen LogP contribution in [0.15, 0.2) is 22.9 Å². The highest BCUT2D eigenvalue weighted by molar-refractivity contribution is 5.79. The average Bonchev–Trinajstić information content (AvgIpc) is 2.67. The predicted molar refractivity (Wildman–Crippen MR) is 57.6 cm³/mol. The van der Waals surface area contributed by atoms with Gasteiger partial charge >= 0.3 is 0 Å². The number of methoxy groups -OCH3 is 1. The summed E-state index contributed by atoms with van der Waals surface area (Å²) in [5.41, 5.74) is 7.56. The van der Waals surface area contributed by atoms with Gasteiger partial charge in [0.25, 0.3) is 0 Å². The van der Waals surface area contributed by atoms with Gasteiger partial charge in [0.2, 0.25) is 5.88 Å². The van der Waals surface area contributed by atoms with E-state index < -0.39 is 5.82 Å². The van der Waals surface area contributed by atoms with Crippen LogP contribution in [0.25, 0.3) is 11.1 Å². The Labute approximate surface area is 91.8 Å². The second kappa shape index (κ2) is 3.84. The number of nitrogen functional groups attached to an aromatic ring is 1. The van der Waals surface area contributed by atoms with Crippen molar-refractivity contribution in [1.29, 1.82) is 0 Å². The minimum atomic E-state index is -0.441. The van der Waals surface area contributed by atoms with Crippen molar-refractivity contribution in [2.75, 3.05) is 12.8 Å². The first kappa shape index (κ1) is 10.5. The Balaban J connectivity index is 2.73. The Hall–Kier alpha value is -2.04. The fourth-order valence-corrected chi connectivity index (χ4v) is 1.63. The lowest BCUT2D eigenvalue weighted by atomic mass is 10.0. The number of ether oxygens (including phenoxy) is 1. The van der Waals surface area contributed by atoms with E-state index in [1.165, 1.54) is 19.4 Å². The number of halogens is 1. The Kier molecular flexibility index (Phi) is 2.52. The van der Waals surface area contributed by atoms with Gasteiger partial charge in [0.05, 0.1) is 18.9 Å². The SMILES string of the molecule is COc1c(F)ccc(C)c1-c1cnoc1N. The molecule has 5 heteroatoms. The molecular formula is C11H11FN2O2. The molecule has 2 N–H and O–H groups in total. The van der Waals surface area contributed by atoms with Crippen LogP contribution in [-0.2, 0) is 0 Å². The van der Waals surface area contributed by atoms with Crippen LogP contribution in [0.1, 0.15) is 5.56 Å². The first-order chi connectivity index (χ1) is 7.65. The normalized spacial score (nSPS) is 10.4. The standard InChI is InChI=1S/C11H11FN2O2/c1-6-3-4-8(12)10(15-2)9(6)7-5-14-16-11(7)13/h3-5H,13H2,1-2H3. The monoisotopic (exact) mass is 222 g/mol. The molecule has 1 heterocycles. The zero-order chi connectivity index (χ0) is 11.7. The molecule has 0 saturated carbocycles. The van der Waals surface area contributed by atoms with E-state index in [4.69, 9.17) is 15.0 Å². The maximum absolute atomic E-state index is 13.5. The number of hydrogen-bond acceptors (Lipinski definition) is 4. The molecule has 1 aromatic heterocycles. The van der Waals surface area contributed by atoms with Crippen molar-refractivity contribution in [3.8, 4) is 16.9 Å². The summed E-state index contributed by atoms with van der Waals surface area (Å²) in [5.74, 6) is -0.148. The summed E-state index contributed by atoms with van der Waals surface area (Å²) in [5, 5.41) is 3.57. The lowest BCUT2D eigenvalue weighted by Crippen LogP contribution is -1.95. The summed E-state index contributed by atoms with van der Waals surface area (Å²) in [7, 11) is 1.41. The van der Waals surface area contributed by atoms with Gasteiger partial charge < -0.3 is 15.0 Å². The second-order valence-corrected chi connectivity index (χ2v) is 3.38. The topological polar surface area (TPSA) is 61.3 Å². The quantitative estimate of drug-likeness (QED) is 0.847. The molecule has 0 aliphatic heterocycles. The summed E-state index contributed by atoms with van der Waals surface area (Å²) in [6.07, 6.45) is 1.44. The Morgan fingerprint density at radius 2 is 2.19 bits per heavy atom. The van der Waals surface area contributed by atoms with Crippen molar-refractivity contribution < 1.29 is 13.7 Å². The molecule has 0 fully saturated rings. The fourth-order valence-electron chi connectivity index (χ4n) is 1.63. The number of nitrogens with two attached hydrogens (primary N) is 1. The first-order valence-corrected chi connectivity index (χ1v) is 4.68. The zero-order valence-electron chi connectivity index (χ0n) is 8.95. The van der Waals surface area contributed by atoms with Crippen LogP contribution in [0, 0.1) is 12.7 Å². The Bertz CT molecular complexity index is 523. The van der Waals surface area contributed by atoms with Gasteiger partial charge in [-0.05, 0) is 18.6 Å². The zero-order valence-corrected chi connectivity index (χ0v) is 8.95. The summed E-state index contributed by atoms with van der Waals surface area (Å²) in [6, 6.07) is 3.00. The third-order valence-corrected chi connectivity index (χ3v) is 2.39. The molecule has 4 nitrogen and oxygen atoms in total. The number of rotatable bonds is 2. The average molecular weight is 222 g/mol. The number of hydrogen-bond donors (Lipinski definition) is 1. The molecule has 0 aliphatic rings. The van der Waals surface area contributed by atoms with E-state index >= 15 is 0 Å². The van der Waals surface area contributed by atoms with E-state index in [1.807, 2.05) is 6.92 Å². The lowest BCUT2D eigenvalue weighted by molar-refractivity contribution is 0.388. The maximum atomic E-state index is 13.5. The third kappa shape index (κ3) is 1.50. The van der Waals surface area contributed by atoms with Crippen molar-refractivity contribution in [2.24, 2.45) is 0 Å². The molecule has 2 aromatic rings. The van der Waals surface area contributed by atoms with Crippen LogP contribution in [-0.4, -0.2) is 12.3 Å². The second-order valence-electron chi connectivity index (χ2n) is 3.38. The van der Waals surface area contributed by atoms with Crippen molar-refractivity contribution in [1.82, 2.24) is 5.16 Å². The highest BCUT2D eigenvalue weighted by atomic mass is 19.1. The van der Waals surface area contributed by atoms with Crippen molar-refractivity contribution in [3.05, 3.63) is 29.7 Å². The molecular weight excluding hydrogens is 211 g/mol. The van der Waals surface area contributed by atoms with Gasteiger partial charge in [0, 0.05) is 5.56 Å². The lowest BCUT2D eigenvalue weighted by Gasteiger charge is -2.10. The van der Waals surface area contributed by atoms with Crippen molar-refractivity contribution >= 4 is 5.88 Å². The number of nitrogens with zero attached hydrogens (tertiary/aromatic N) is 1. The summed E-state index contributed by atoms with van der Waals surface area (Å²) in [6.45, 7) is 1.84. The molecule has 0 aliphatic carbocycles. The molecule has 0 atom stereocenters. The van der Waals surface area contributed by atoms with Gasteiger partial charge in [0.1, 0.15) is 0 Å². The van der Waals surface area contributed by atoms with Gasteiger partial charge in [0.15, 0.2) is 11.6 Å². The van der Waals surface area contributed by atoms with Gasteiger partial charge in [-0.15, -0.1) is 0 Å². The largest absolute Gasteiger partial charge is 0.493 e. The summed E-state index contributed by atoms with van der Waals surface area (Å²) >= 11 is 0. The Morgan fingerprint density at radius 1 is 1.44 bits per heavy atom. The molecule has 0 saturated heterocycles. The van der Waals surface area contributed by atoms with Gasteiger partial charge in [-0.1, -0.05) is 11.2 Å². The molecule has 0 amide bonds. The first-order valence-electron chi connectivity index (χ1n) is 4.68. The Morgan fingerprint density at radius 3 is 2.75 bits per heavy atom. The van der Waals surface area contributed by atoms with Crippen LogP contribution in [0.5, 0.6) is 5.75 Å². The van der Waals surface area contributed by atoms with E-state index in [1.54, 1.807) is 6.07 Å². The van der Waals surface area contributed by atoms with Gasteiger partial charge in [-0.3, -0.25) is 0 Å². The minimum absolute atomic E-state index is 0.145. The molecule has 16 heavy (non-hydrogen) atoms. The molecule has 0 radical (unpaired) electrons. The molecule has 0 bridgehead atoms. The molecule has 2 rings (SSSR count). The van der Waals surface area contributed by atoms with Crippen LogP contribution in [0.2, 0.25) is 0 Å². The predicted octanol–water partition coefficient (Wildman–Crippen LogP) is 2.38. The molecule has 0 spiro atoms. The van der Waals surface area contributed by atoms with Crippen LogP contribution in [0.3, 0.4) is 0 Å². The highest BCUT2D eigenvalue weighted by Gasteiger charge is 2.18. The van der Waals surface area contributed by atoms with E-state index in [0.717, 1.165) is 5.56 Å². The number of aromatic nitrogens is 1. The van der Waals surface area contributed by atoms with E-state index in [2.05, 4.69) is 5.16 Å². The minimum Gasteiger partial charge on any atom is -0.493 e. The highest BCUT2D eigenvalue weighted by Crippen LogP contribution is 2.37. The van der Waals surface area contributed by atoms with E-state index in [-0.39, 0.29) is 11.6 Å². The number of aryl methyl sites for hydroxylation is 1. The van der Waals surface area contributed by atoms with E-state index in [0.29, 0.717) is 11.1 Å². The number of benzene rings is 1. The van der Waals surface area contributed by atoms with Crippen molar-refractivity contribution in [3.63, 3.8) is 0 Å². The summed E-state index contributed by atoms with van der Waals surface area (Å²) < 4.78 is 23.3. The molecule has 1 aromatic carbocycles. The number of anilines is 1. The van der Waals surface area contributed by atoms with E-state index in [9.17, 15) is 4.39 Å². The summed E-state index contributed by atoms with van der Waals surface area (Å²) in [4.78, 5) is 0. The smallest absolute Gasteiger partial charge is 0.230 e. The fraction of sp³-hybridized carbons (Fsp3) is 0.182. The van der Waals surface area contributed by atoms with Crippen LogP contribution in [0.4, 0.5) is 10.3 Å². The van der Waals surface area contributed by atoms with Crippen molar-refractivity contribution in [2.45, 2.75) is 6.92 Å². The van der Waals surface area contributed by atoms with Gasteiger partial charge in [-0.25, -0.2) is 4.39 Å². The van der Waals surface area contributed by atoms with Crippen LogP contribution < -0.4 is 10.5 Å².